The zero-order valence-corrected chi connectivity index (χ0v) is 17.1. The van der Waals surface area contributed by atoms with Crippen LogP contribution in [0.15, 0.2) is 53.4 Å². The third-order valence-electron chi connectivity index (χ3n) is 3.88. The molecule has 30 heavy (non-hydrogen) atoms. The molecule has 2 aromatic carbocycles. The van der Waals surface area contributed by atoms with Gasteiger partial charge in [0.25, 0.3) is 15.7 Å². The van der Waals surface area contributed by atoms with Gasteiger partial charge in [-0.05, 0) is 50.2 Å². The molecule has 160 valence electrons. The summed E-state index contributed by atoms with van der Waals surface area (Å²) >= 11 is 0. The summed E-state index contributed by atoms with van der Waals surface area (Å²) in [7, 11) is -4.26. The summed E-state index contributed by atoms with van der Waals surface area (Å²) < 4.78 is 36.8. The Morgan fingerprint density at radius 1 is 0.967 bits per heavy atom. The minimum Gasteiger partial charge on any atom is -0.465 e. The number of anilines is 1. The van der Waals surface area contributed by atoms with E-state index in [1.165, 1.54) is 24.3 Å². The predicted molar refractivity (Wildman–Crippen MR) is 107 cm³/mol. The topological polar surface area (TPSA) is 133 Å². The van der Waals surface area contributed by atoms with Crippen LogP contribution in [0.4, 0.5) is 11.4 Å². The summed E-state index contributed by atoms with van der Waals surface area (Å²) in [4.78, 5) is 33.7. The van der Waals surface area contributed by atoms with Crippen molar-refractivity contribution in [3.05, 3.63) is 64.2 Å². The van der Waals surface area contributed by atoms with Gasteiger partial charge >= 0.3 is 11.9 Å². The lowest BCUT2D eigenvalue weighted by Crippen LogP contribution is -2.36. The minimum absolute atomic E-state index is 0.0616. The molecule has 0 aliphatic carbocycles. The minimum atomic E-state index is -4.26. The number of nitro benzene ring substituents is 1. The van der Waals surface area contributed by atoms with E-state index in [1.54, 1.807) is 13.8 Å². The van der Waals surface area contributed by atoms with Gasteiger partial charge < -0.3 is 9.47 Å². The molecule has 11 heteroatoms. The Morgan fingerprint density at radius 3 is 2.03 bits per heavy atom. The first-order valence-electron chi connectivity index (χ1n) is 8.90. The number of carbonyl (C=O) groups is 2. The Morgan fingerprint density at radius 2 is 1.53 bits per heavy atom. The lowest BCUT2D eigenvalue weighted by Gasteiger charge is -2.23. The first kappa shape index (κ1) is 22.8. The average molecular weight is 436 g/mol. The van der Waals surface area contributed by atoms with E-state index in [2.05, 4.69) is 0 Å². The van der Waals surface area contributed by atoms with Crippen molar-refractivity contribution < 1.29 is 32.4 Å². The highest BCUT2D eigenvalue weighted by molar-refractivity contribution is 7.92. The monoisotopic (exact) mass is 436 g/mol. The van der Waals surface area contributed by atoms with E-state index in [0.717, 1.165) is 28.6 Å². The van der Waals surface area contributed by atoms with Gasteiger partial charge in [0.15, 0.2) is 0 Å². The highest BCUT2D eigenvalue weighted by atomic mass is 32.2. The Hall–Kier alpha value is -3.47. The second-order valence-electron chi connectivity index (χ2n) is 5.84. The van der Waals surface area contributed by atoms with Gasteiger partial charge in [-0.25, -0.2) is 13.2 Å². The molecule has 0 aliphatic rings. The van der Waals surface area contributed by atoms with E-state index in [1.807, 2.05) is 0 Å². The van der Waals surface area contributed by atoms with Gasteiger partial charge in [-0.15, -0.1) is 0 Å². The van der Waals surface area contributed by atoms with Crippen molar-refractivity contribution in [2.24, 2.45) is 0 Å². The third kappa shape index (κ3) is 5.32. The van der Waals surface area contributed by atoms with Crippen LogP contribution in [0.25, 0.3) is 0 Å². The molecule has 0 unspecified atom stereocenters. The normalized spacial score (nSPS) is 10.9. The van der Waals surface area contributed by atoms with E-state index in [0.29, 0.717) is 0 Å². The number of esters is 2. The van der Waals surface area contributed by atoms with Crippen LogP contribution < -0.4 is 4.31 Å². The Kier molecular flexibility index (Phi) is 7.48. The molecule has 0 aliphatic heterocycles. The summed E-state index contributed by atoms with van der Waals surface area (Å²) in [6.45, 7) is 2.87. The molecule has 0 amide bonds. The molecule has 0 saturated carbocycles. The maximum absolute atomic E-state index is 13.1. The number of hydrogen-bond acceptors (Lipinski definition) is 8. The summed E-state index contributed by atoms with van der Waals surface area (Å²) in [5, 5.41) is 10.8. The quantitative estimate of drug-likeness (QED) is 0.333. The number of carbonyl (C=O) groups excluding carboxylic acids is 2. The van der Waals surface area contributed by atoms with Crippen molar-refractivity contribution in [2.75, 3.05) is 24.1 Å². The van der Waals surface area contributed by atoms with Crippen molar-refractivity contribution in [2.45, 2.75) is 18.7 Å². The molecule has 0 spiro atoms. The molecule has 0 heterocycles. The highest BCUT2D eigenvalue weighted by Gasteiger charge is 2.28. The largest absolute Gasteiger partial charge is 0.465 e. The Labute approximate surface area is 173 Å². The van der Waals surface area contributed by atoms with Crippen LogP contribution in [0.1, 0.15) is 24.2 Å². The van der Waals surface area contributed by atoms with Crippen molar-refractivity contribution >= 4 is 33.3 Å². The van der Waals surface area contributed by atoms with Gasteiger partial charge in [0.2, 0.25) is 0 Å². The van der Waals surface area contributed by atoms with Gasteiger partial charge in [0, 0.05) is 12.1 Å². The molecule has 0 saturated heterocycles. The highest BCUT2D eigenvalue weighted by Crippen LogP contribution is 2.26. The van der Waals surface area contributed by atoms with Gasteiger partial charge in [-0.1, -0.05) is 0 Å². The molecule has 0 bridgehead atoms. The van der Waals surface area contributed by atoms with Crippen molar-refractivity contribution in [1.29, 1.82) is 0 Å². The number of rotatable bonds is 9. The van der Waals surface area contributed by atoms with Crippen LogP contribution in [-0.4, -0.2) is 45.0 Å². The van der Waals surface area contributed by atoms with Crippen LogP contribution in [0.2, 0.25) is 0 Å². The zero-order chi connectivity index (χ0) is 22.3. The number of benzene rings is 2. The Bertz CT molecular complexity index is 1020. The summed E-state index contributed by atoms with van der Waals surface area (Å²) in [5.74, 6) is -1.35. The van der Waals surface area contributed by atoms with Crippen molar-refractivity contribution in [1.82, 2.24) is 0 Å². The molecule has 0 fully saturated rings. The van der Waals surface area contributed by atoms with Gasteiger partial charge in [-0.2, -0.15) is 0 Å². The van der Waals surface area contributed by atoms with Crippen LogP contribution in [0.3, 0.4) is 0 Å². The SMILES string of the molecule is CCOC(=O)CN(c1ccc(C(=O)OCC)cc1)S(=O)(=O)c1ccc([N+](=O)[O-])cc1. The smallest absolute Gasteiger partial charge is 0.338 e. The van der Waals surface area contributed by atoms with Crippen LogP contribution >= 0.6 is 0 Å². The third-order valence-corrected chi connectivity index (χ3v) is 5.67. The first-order chi connectivity index (χ1) is 14.2. The maximum atomic E-state index is 13.1. The molecule has 2 rings (SSSR count). The molecule has 10 nitrogen and oxygen atoms in total. The molecule has 0 N–H and O–H groups in total. The molecule has 0 aromatic heterocycles. The van der Waals surface area contributed by atoms with E-state index < -0.39 is 33.4 Å². The van der Waals surface area contributed by atoms with Crippen LogP contribution in [-0.2, 0) is 24.3 Å². The fraction of sp³-hybridized carbons (Fsp3) is 0.263. The van der Waals surface area contributed by atoms with Gasteiger partial charge in [-0.3, -0.25) is 19.2 Å². The number of sulfonamides is 1. The predicted octanol–water partition coefficient (Wildman–Crippen LogP) is 2.53. The van der Waals surface area contributed by atoms with Gasteiger partial charge in [0.1, 0.15) is 6.54 Å². The second-order valence-corrected chi connectivity index (χ2v) is 7.70. The second kappa shape index (κ2) is 9.83. The van der Waals surface area contributed by atoms with Crippen LogP contribution in [0.5, 0.6) is 0 Å². The number of ether oxygens (including phenoxy) is 2. The van der Waals surface area contributed by atoms with Gasteiger partial charge in [0.05, 0.1) is 34.3 Å². The average Bonchev–Trinajstić information content (AvgIpc) is 2.72. The molecular formula is C19H20N2O8S. The molecule has 0 atom stereocenters. The number of nitrogens with zero attached hydrogens (tertiary/aromatic N) is 2. The number of hydrogen-bond donors (Lipinski definition) is 0. The fourth-order valence-corrected chi connectivity index (χ4v) is 3.89. The van der Waals surface area contributed by atoms with E-state index in [9.17, 15) is 28.1 Å². The molecule has 2 aromatic rings. The lowest BCUT2D eigenvalue weighted by molar-refractivity contribution is -0.384. The van der Waals surface area contributed by atoms with E-state index in [4.69, 9.17) is 9.47 Å². The van der Waals surface area contributed by atoms with E-state index in [-0.39, 0.29) is 35.0 Å². The number of non-ortho nitro benzene ring substituents is 1. The fourth-order valence-electron chi connectivity index (χ4n) is 2.48. The molecular weight excluding hydrogens is 416 g/mol. The van der Waals surface area contributed by atoms with E-state index >= 15 is 0 Å². The summed E-state index contributed by atoms with van der Waals surface area (Å²) in [5.41, 5.74) is 0.0450. The maximum Gasteiger partial charge on any atom is 0.338 e. The van der Waals surface area contributed by atoms with Crippen molar-refractivity contribution in [3.63, 3.8) is 0 Å². The lowest BCUT2D eigenvalue weighted by atomic mass is 10.2. The van der Waals surface area contributed by atoms with Crippen LogP contribution in [0, 0.1) is 10.1 Å². The summed E-state index contributed by atoms with van der Waals surface area (Å²) in [6, 6.07) is 9.73. The standard InChI is InChI=1S/C19H20N2O8S/c1-3-28-18(22)13-20(15-7-5-14(6-8-15)19(23)29-4-2)30(26,27)17-11-9-16(10-12-17)21(24)25/h5-12H,3-4,13H2,1-2H3. The zero-order valence-electron chi connectivity index (χ0n) is 16.3. The Balaban J connectivity index is 2.44. The van der Waals surface area contributed by atoms with Crippen molar-refractivity contribution in [3.8, 4) is 0 Å². The first-order valence-corrected chi connectivity index (χ1v) is 10.3. The summed E-state index contributed by atoms with van der Waals surface area (Å²) in [6.07, 6.45) is 0. The number of nitro groups is 1. The molecule has 0 radical (unpaired) electrons.